The molecule has 21 heavy (non-hydrogen) atoms. The number of benzene rings is 1. The summed E-state index contributed by atoms with van der Waals surface area (Å²) < 4.78 is 0. The fourth-order valence-corrected chi connectivity index (χ4v) is 2.04. The van der Waals surface area contributed by atoms with E-state index in [4.69, 9.17) is 0 Å². The lowest BCUT2D eigenvalue weighted by Crippen LogP contribution is -2.23. The lowest BCUT2D eigenvalue weighted by molar-refractivity contribution is -0.116. The second-order valence-corrected chi connectivity index (χ2v) is 5.41. The van der Waals surface area contributed by atoms with E-state index in [1.165, 1.54) is 12.8 Å². The van der Waals surface area contributed by atoms with E-state index in [2.05, 4.69) is 16.0 Å². The van der Waals surface area contributed by atoms with E-state index in [1.54, 1.807) is 0 Å². The molecule has 0 radical (unpaired) electrons. The maximum atomic E-state index is 11.9. The van der Waals surface area contributed by atoms with Crippen LogP contribution in [0.2, 0.25) is 0 Å². The highest BCUT2D eigenvalue weighted by Crippen LogP contribution is 2.23. The zero-order valence-corrected chi connectivity index (χ0v) is 12.7. The first-order valence-corrected chi connectivity index (χ1v) is 7.53. The van der Waals surface area contributed by atoms with E-state index in [0.717, 1.165) is 16.9 Å². The van der Waals surface area contributed by atoms with Crippen LogP contribution < -0.4 is 16.0 Å². The van der Waals surface area contributed by atoms with Crippen molar-refractivity contribution in [2.24, 2.45) is 0 Å². The molecule has 5 nitrogen and oxygen atoms in total. The van der Waals surface area contributed by atoms with Gasteiger partial charge in [0.05, 0.1) is 0 Å². The fourth-order valence-electron chi connectivity index (χ4n) is 2.04. The minimum Gasteiger partial charge on any atom is -0.326 e. The van der Waals surface area contributed by atoms with Crippen LogP contribution in [0.4, 0.5) is 11.4 Å². The van der Waals surface area contributed by atoms with Gasteiger partial charge in [-0.1, -0.05) is 13.0 Å². The van der Waals surface area contributed by atoms with Crippen molar-refractivity contribution in [2.75, 3.05) is 17.2 Å². The average molecular weight is 289 g/mol. The molecule has 3 N–H and O–H groups in total. The number of carbonyl (C=O) groups excluding carboxylic acids is 2. The van der Waals surface area contributed by atoms with Crippen molar-refractivity contribution in [1.82, 2.24) is 5.32 Å². The molecule has 0 unspecified atom stereocenters. The number of hydrogen-bond donors (Lipinski definition) is 3. The van der Waals surface area contributed by atoms with Crippen molar-refractivity contribution < 1.29 is 9.59 Å². The van der Waals surface area contributed by atoms with E-state index in [-0.39, 0.29) is 11.8 Å². The molecule has 0 aliphatic heterocycles. The Morgan fingerprint density at radius 2 is 1.76 bits per heavy atom. The summed E-state index contributed by atoms with van der Waals surface area (Å²) in [6.07, 6.45) is 3.34. The zero-order chi connectivity index (χ0) is 15.2. The summed E-state index contributed by atoms with van der Waals surface area (Å²) in [7, 11) is 0. The maximum absolute atomic E-state index is 11.9. The Morgan fingerprint density at radius 3 is 2.33 bits per heavy atom. The van der Waals surface area contributed by atoms with Crippen molar-refractivity contribution in [2.45, 2.75) is 45.6 Å². The normalized spacial score (nSPS) is 13.8. The Labute approximate surface area is 125 Å². The maximum Gasteiger partial charge on any atom is 0.225 e. The number of rotatable bonds is 7. The van der Waals surface area contributed by atoms with E-state index in [0.29, 0.717) is 25.4 Å². The predicted molar refractivity (Wildman–Crippen MR) is 84.4 cm³/mol. The summed E-state index contributed by atoms with van der Waals surface area (Å²) in [6, 6.07) is 6.14. The van der Waals surface area contributed by atoms with Crippen LogP contribution in [0.1, 0.15) is 38.2 Å². The minimum atomic E-state index is -0.0322. The van der Waals surface area contributed by atoms with Gasteiger partial charge in [0.1, 0.15) is 0 Å². The van der Waals surface area contributed by atoms with Crippen LogP contribution in [0.3, 0.4) is 0 Å². The first kappa shape index (κ1) is 15.5. The predicted octanol–water partition coefficient (Wildman–Crippen LogP) is 2.42. The quantitative estimate of drug-likeness (QED) is 0.722. The molecule has 1 aliphatic carbocycles. The molecule has 1 aromatic carbocycles. The summed E-state index contributed by atoms with van der Waals surface area (Å²) >= 11 is 0. The van der Waals surface area contributed by atoms with Gasteiger partial charge in [0, 0.05) is 36.8 Å². The van der Waals surface area contributed by atoms with Gasteiger partial charge in [0.15, 0.2) is 0 Å². The van der Waals surface area contributed by atoms with Crippen LogP contribution in [0.15, 0.2) is 18.2 Å². The highest BCUT2D eigenvalue weighted by molar-refractivity contribution is 5.95. The summed E-state index contributed by atoms with van der Waals surface area (Å²) in [6.45, 7) is 4.41. The Morgan fingerprint density at radius 1 is 1.14 bits per heavy atom. The van der Waals surface area contributed by atoms with Gasteiger partial charge in [-0.15, -0.1) is 0 Å². The van der Waals surface area contributed by atoms with Crippen LogP contribution >= 0.6 is 0 Å². The van der Waals surface area contributed by atoms with Gasteiger partial charge in [-0.25, -0.2) is 0 Å². The summed E-state index contributed by atoms with van der Waals surface area (Å²) in [5.74, 6) is -0.0413. The Balaban J connectivity index is 1.90. The Kier molecular flexibility index (Phi) is 5.33. The number of hydrogen-bond acceptors (Lipinski definition) is 3. The molecule has 1 aliphatic rings. The molecule has 2 rings (SSSR count). The first-order chi connectivity index (χ1) is 10.1. The molecule has 0 bridgehead atoms. The summed E-state index contributed by atoms with van der Waals surface area (Å²) in [5.41, 5.74) is 2.37. The van der Waals surface area contributed by atoms with Gasteiger partial charge in [0.2, 0.25) is 11.8 Å². The van der Waals surface area contributed by atoms with Crippen LogP contribution in [-0.2, 0) is 9.59 Å². The van der Waals surface area contributed by atoms with Gasteiger partial charge in [-0.05, 0) is 37.5 Å². The third-order valence-electron chi connectivity index (χ3n) is 3.57. The van der Waals surface area contributed by atoms with Crippen LogP contribution in [0, 0.1) is 6.92 Å². The lowest BCUT2D eigenvalue weighted by Gasteiger charge is -2.13. The molecule has 1 fully saturated rings. The summed E-state index contributed by atoms with van der Waals surface area (Å²) in [5, 5.41) is 9.06. The van der Waals surface area contributed by atoms with Gasteiger partial charge in [-0.3, -0.25) is 9.59 Å². The van der Waals surface area contributed by atoms with E-state index >= 15 is 0 Å². The van der Waals surface area contributed by atoms with E-state index < -0.39 is 0 Å². The standard InChI is InChI=1S/C16H23N3O2/c1-3-15(20)18-13-5-4-6-14(11(13)2)19-16(21)9-10-17-12-7-8-12/h4-6,12,17H,3,7-10H2,1-2H3,(H,18,20)(H,19,21). The molecule has 0 saturated heterocycles. The smallest absolute Gasteiger partial charge is 0.225 e. The zero-order valence-electron chi connectivity index (χ0n) is 12.7. The van der Waals surface area contributed by atoms with E-state index in [1.807, 2.05) is 32.0 Å². The van der Waals surface area contributed by atoms with Crippen molar-refractivity contribution in [3.05, 3.63) is 23.8 Å². The van der Waals surface area contributed by atoms with Gasteiger partial charge < -0.3 is 16.0 Å². The van der Waals surface area contributed by atoms with Crippen LogP contribution in [0.25, 0.3) is 0 Å². The lowest BCUT2D eigenvalue weighted by atomic mass is 10.1. The van der Waals surface area contributed by atoms with Crippen molar-refractivity contribution in [1.29, 1.82) is 0 Å². The molecule has 0 atom stereocenters. The van der Waals surface area contributed by atoms with Gasteiger partial charge in [-0.2, -0.15) is 0 Å². The fraction of sp³-hybridized carbons (Fsp3) is 0.500. The number of carbonyl (C=O) groups is 2. The molecular weight excluding hydrogens is 266 g/mol. The molecule has 1 aromatic rings. The monoisotopic (exact) mass is 289 g/mol. The van der Waals surface area contributed by atoms with Crippen molar-refractivity contribution >= 4 is 23.2 Å². The molecule has 0 heterocycles. The highest BCUT2D eigenvalue weighted by Gasteiger charge is 2.20. The van der Waals surface area contributed by atoms with Gasteiger partial charge >= 0.3 is 0 Å². The average Bonchev–Trinajstić information content (AvgIpc) is 3.27. The third-order valence-corrected chi connectivity index (χ3v) is 3.57. The van der Waals surface area contributed by atoms with Crippen molar-refractivity contribution in [3.63, 3.8) is 0 Å². The Bertz CT molecular complexity index is 524. The molecule has 1 saturated carbocycles. The molecular formula is C16H23N3O2. The molecule has 5 heteroatoms. The second-order valence-electron chi connectivity index (χ2n) is 5.41. The van der Waals surface area contributed by atoms with Gasteiger partial charge in [0.25, 0.3) is 0 Å². The molecule has 0 aromatic heterocycles. The van der Waals surface area contributed by atoms with E-state index in [9.17, 15) is 9.59 Å². The molecule has 2 amide bonds. The summed E-state index contributed by atoms with van der Waals surface area (Å²) in [4.78, 5) is 23.4. The largest absolute Gasteiger partial charge is 0.326 e. The topological polar surface area (TPSA) is 70.2 Å². The van der Waals surface area contributed by atoms with Crippen LogP contribution in [0.5, 0.6) is 0 Å². The highest BCUT2D eigenvalue weighted by atomic mass is 16.2. The SMILES string of the molecule is CCC(=O)Nc1cccc(NC(=O)CCNC2CC2)c1C. The molecule has 0 spiro atoms. The third kappa shape index (κ3) is 4.86. The van der Waals surface area contributed by atoms with Crippen molar-refractivity contribution in [3.8, 4) is 0 Å². The number of anilines is 2. The number of nitrogens with one attached hydrogen (secondary N) is 3. The molecule has 114 valence electrons. The Hall–Kier alpha value is -1.88. The number of amides is 2. The van der Waals surface area contributed by atoms with Crippen LogP contribution in [-0.4, -0.2) is 24.4 Å². The first-order valence-electron chi connectivity index (χ1n) is 7.53. The second kappa shape index (κ2) is 7.22. The minimum absolute atomic E-state index is 0.00906.